The number of halogens is 5. The zero-order chi connectivity index (χ0) is 13.4. The fourth-order valence-electron chi connectivity index (χ4n) is 1.09. The van der Waals surface area contributed by atoms with Gasteiger partial charge in [0.05, 0.1) is 30.4 Å². The summed E-state index contributed by atoms with van der Waals surface area (Å²) in [7, 11) is 2.79. The van der Waals surface area contributed by atoms with Crippen LogP contribution in [-0.2, 0) is 20.9 Å². The van der Waals surface area contributed by atoms with Crippen LogP contribution in [0.4, 0.5) is 0 Å². The second-order valence-corrected chi connectivity index (χ2v) is 8.29. The van der Waals surface area contributed by atoms with Gasteiger partial charge in [-0.25, -0.2) is 0 Å². The number of benzene rings is 1. The Hall–Kier alpha value is 1.24. The van der Waals surface area contributed by atoms with Crippen molar-refractivity contribution in [2.45, 2.75) is 0 Å². The van der Waals surface area contributed by atoms with Gasteiger partial charge in [-0.1, -0.05) is 58.0 Å². The van der Waals surface area contributed by atoms with Crippen LogP contribution in [0.5, 0.6) is 0 Å². The van der Waals surface area contributed by atoms with Crippen molar-refractivity contribution in [3.05, 3.63) is 25.1 Å². The number of rotatable bonds is 3. The van der Waals surface area contributed by atoms with Crippen molar-refractivity contribution in [3.63, 3.8) is 0 Å². The van der Waals surface area contributed by atoms with Crippen LogP contribution in [0, 0.1) is 0 Å². The highest BCUT2D eigenvalue weighted by Crippen LogP contribution is 2.53. The molecule has 0 aromatic heterocycles. The molecule has 0 saturated carbocycles. The summed E-state index contributed by atoms with van der Waals surface area (Å²) in [5, 5.41) is 0.666. The van der Waals surface area contributed by atoms with E-state index in [9.17, 15) is 0 Å². The van der Waals surface area contributed by atoms with E-state index in [0.29, 0.717) is 0 Å². The zero-order valence-electron chi connectivity index (χ0n) is 8.56. The minimum Gasteiger partial charge on any atom is -0.329 e. The van der Waals surface area contributed by atoms with E-state index >= 15 is 0 Å². The van der Waals surface area contributed by atoms with Crippen LogP contribution in [0.3, 0.4) is 0 Å². The Morgan fingerprint density at radius 1 is 0.765 bits per heavy atom. The van der Waals surface area contributed by atoms with Crippen LogP contribution in [0.1, 0.15) is 0 Å². The first-order chi connectivity index (χ1) is 7.80. The molecule has 0 spiro atoms. The molecular weight excluding hydrogens is 368 g/mol. The van der Waals surface area contributed by atoms with Gasteiger partial charge in [-0.2, -0.15) is 0 Å². The van der Waals surface area contributed by atoms with Crippen molar-refractivity contribution >= 4 is 81.6 Å². The van der Waals surface area contributed by atoms with Crippen LogP contribution in [-0.4, -0.2) is 14.2 Å². The minimum absolute atomic E-state index is 0.0702. The highest BCUT2D eigenvalue weighted by Gasteiger charge is 2.30. The van der Waals surface area contributed by atoms with Gasteiger partial charge in [0.1, 0.15) is 0 Å². The molecule has 0 heterocycles. The Kier molecular flexibility index (Phi) is 5.87. The van der Waals surface area contributed by atoms with Crippen molar-refractivity contribution in [1.29, 1.82) is 0 Å². The number of hydrogen-bond donors (Lipinski definition) is 0. The largest absolute Gasteiger partial charge is 0.329 e. The van der Waals surface area contributed by atoms with Crippen LogP contribution < -0.4 is 5.30 Å². The van der Waals surface area contributed by atoms with Gasteiger partial charge in [0.15, 0.2) is 0 Å². The first-order valence-corrected chi connectivity index (χ1v) is 8.56. The van der Waals surface area contributed by atoms with Gasteiger partial charge in [-0.05, 0) is 11.8 Å². The lowest BCUT2D eigenvalue weighted by atomic mass is 10.3. The summed E-state index contributed by atoms with van der Waals surface area (Å²) in [5.74, 6) is 0. The summed E-state index contributed by atoms with van der Waals surface area (Å²) in [4.78, 5) is 0. The molecule has 17 heavy (non-hydrogen) atoms. The third-order valence-electron chi connectivity index (χ3n) is 1.94. The lowest BCUT2D eigenvalue weighted by Crippen LogP contribution is -2.12. The van der Waals surface area contributed by atoms with Crippen molar-refractivity contribution in [3.8, 4) is 0 Å². The molecule has 0 aliphatic heterocycles. The SMILES string of the molecule is COP(=S)(OC)c1c(Cl)c(Cl)c(Cl)c(Cl)c1Cl. The van der Waals surface area contributed by atoms with Crippen LogP contribution in [0.25, 0.3) is 0 Å². The van der Waals surface area contributed by atoms with E-state index in [-0.39, 0.29) is 30.4 Å². The lowest BCUT2D eigenvalue weighted by molar-refractivity contribution is 0.347. The third kappa shape index (κ3) is 2.89. The summed E-state index contributed by atoms with van der Waals surface area (Å²) in [6, 6.07) is 0. The molecule has 0 aliphatic rings. The highest BCUT2D eigenvalue weighted by atomic mass is 35.5. The molecule has 96 valence electrons. The second kappa shape index (κ2) is 6.13. The van der Waals surface area contributed by atoms with Crippen molar-refractivity contribution in [2.75, 3.05) is 14.2 Å². The summed E-state index contributed by atoms with van der Waals surface area (Å²) < 4.78 is 10.3. The van der Waals surface area contributed by atoms with E-state index < -0.39 is 6.49 Å². The summed E-state index contributed by atoms with van der Waals surface area (Å²) in [6.45, 7) is -2.84. The van der Waals surface area contributed by atoms with Crippen LogP contribution >= 0.6 is 64.5 Å². The van der Waals surface area contributed by atoms with Crippen molar-refractivity contribution in [1.82, 2.24) is 0 Å². The molecule has 0 aliphatic carbocycles. The van der Waals surface area contributed by atoms with Gasteiger partial charge < -0.3 is 9.05 Å². The zero-order valence-corrected chi connectivity index (χ0v) is 14.1. The Morgan fingerprint density at radius 2 is 1.06 bits per heavy atom. The van der Waals surface area contributed by atoms with Gasteiger partial charge in [0.2, 0.25) is 6.49 Å². The molecule has 1 aromatic rings. The Labute approximate surface area is 129 Å². The fraction of sp³-hybridized carbons (Fsp3) is 0.250. The molecule has 0 saturated heterocycles. The van der Waals surface area contributed by atoms with E-state index in [1.165, 1.54) is 14.2 Å². The van der Waals surface area contributed by atoms with Crippen LogP contribution in [0.2, 0.25) is 25.1 Å². The van der Waals surface area contributed by atoms with Gasteiger partial charge >= 0.3 is 0 Å². The first-order valence-electron chi connectivity index (χ1n) is 4.03. The molecule has 0 bridgehead atoms. The lowest BCUT2D eigenvalue weighted by Gasteiger charge is -2.22. The van der Waals surface area contributed by atoms with E-state index in [2.05, 4.69) is 0 Å². The molecule has 1 aromatic carbocycles. The predicted octanol–water partition coefficient (Wildman–Crippen LogP) is 5.18. The van der Waals surface area contributed by atoms with E-state index in [4.69, 9.17) is 78.9 Å². The maximum absolute atomic E-state index is 6.06. The summed E-state index contributed by atoms with van der Waals surface area (Å²) >= 11 is 35.1. The molecule has 0 radical (unpaired) electrons. The second-order valence-electron chi connectivity index (χ2n) is 2.78. The smallest absolute Gasteiger partial charge is 0.222 e. The normalized spacial score (nSPS) is 11.9. The van der Waals surface area contributed by atoms with Gasteiger partial charge in [0.25, 0.3) is 0 Å². The van der Waals surface area contributed by atoms with Gasteiger partial charge in [-0.3, -0.25) is 0 Å². The minimum atomic E-state index is -2.84. The molecule has 0 amide bonds. The molecule has 2 nitrogen and oxygen atoms in total. The maximum Gasteiger partial charge on any atom is 0.222 e. The fourth-order valence-corrected chi connectivity index (χ4v) is 5.10. The van der Waals surface area contributed by atoms with Gasteiger partial charge in [-0.15, -0.1) is 0 Å². The Morgan fingerprint density at radius 3 is 1.35 bits per heavy atom. The standard InChI is InChI=1S/C8H6Cl5O2PS/c1-14-16(17,15-2)8-6(12)4(10)3(9)5(11)7(8)13/h1-2H3. The van der Waals surface area contributed by atoms with Crippen LogP contribution in [0.15, 0.2) is 0 Å². The van der Waals surface area contributed by atoms with Gasteiger partial charge in [0, 0.05) is 14.2 Å². The maximum atomic E-state index is 6.06. The third-order valence-corrected chi connectivity index (χ3v) is 7.88. The summed E-state index contributed by atoms with van der Waals surface area (Å²) in [6.07, 6.45) is 0. The van der Waals surface area contributed by atoms with Crippen molar-refractivity contribution in [2.24, 2.45) is 0 Å². The molecule has 9 heteroatoms. The van der Waals surface area contributed by atoms with Crippen molar-refractivity contribution < 1.29 is 9.05 Å². The Bertz CT molecular complexity index is 470. The average molecular weight is 374 g/mol. The summed E-state index contributed by atoms with van der Waals surface area (Å²) in [5.41, 5.74) is 0. The topological polar surface area (TPSA) is 18.5 Å². The quantitative estimate of drug-likeness (QED) is 0.413. The van der Waals surface area contributed by atoms with E-state index in [1.807, 2.05) is 0 Å². The number of hydrogen-bond acceptors (Lipinski definition) is 3. The molecule has 0 unspecified atom stereocenters. The predicted molar refractivity (Wildman–Crippen MR) is 79.4 cm³/mol. The molecule has 0 atom stereocenters. The van der Waals surface area contributed by atoms with E-state index in [1.54, 1.807) is 0 Å². The van der Waals surface area contributed by atoms with E-state index in [0.717, 1.165) is 0 Å². The molecule has 0 fully saturated rings. The monoisotopic (exact) mass is 372 g/mol. The average Bonchev–Trinajstić information content (AvgIpc) is 2.33. The first kappa shape index (κ1) is 16.3. The molecule has 1 rings (SSSR count). The molecule has 0 N–H and O–H groups in total. The highest BCUT2D eigenvalue weighted by molar-refractivity contribution is 8.13. The Balaban J connectivity index is 3.72. The molecular formula is C8H6Cl5O2PS.